The predicted molar refractivity (Wildman–Crippen MR) is 75.9 cm³/mol. The molecule has 4 heteroatoms. The van der Waals surface area contributed by atoms with Crippen LogP contribution in [0.5, 0.6) is 0 Å². The number of piperazine rings is 1. The first-order valence-corrected chi connectivity index (χ1v) is 7.91. The van der Waals surface area contributed by atoms with Crippen molar-refractivity contribution in [3.05, 3.63) is 0 Å². The van der Waals surface area contributed by atoms with Crippen LogP contribution < -0.4 is 5.32 Å². The average molecular weight is 265 g/mol. The molecular weight excluding hydrogens is 238 g/mol. The minimum absolute atomic E-state index is 0.325. The Balaban J connectivity index is 1.25. The van der Waals surface area contributed by atoms with Gasteiger partial charge in [0.25, 0.3) is 0 Å². The predicted octanol–water partition coefficient (Wildman–Crippen LogP) is 0.786. The topological polar surface area (TPSA) is 35.6 Å². The molecule has 0 aromatic heterocycles. The lowest BCUT2D eigenvalue weighted by atomic mass is 10.0. The zero-order valence-electron chi connectivity index (χ0n) is 12.1. The molecule has 0 radical (unpaired) electrons. The van der Waals surface area contributed by atoms with Crippen LogP contribution in [0.3, 0.4) is 0 Å². The van der Waals surface area contributed by atoms with E-state index in [-0.39, 0.29) is 0 Å². The van der Waals surface area contributed by atoms with Crippen LogP contribution in [0.4, 0.5) is 0 Å². The van der Waals surface area contributed by atoms with Crippen molar-refractivity contribution in [1.82, 2.24) is 15.1 Å². The molecule has 1 N–H and O–H groups in total. The zero-order chi connectivity index (χ0) is 13.2. The Labute approximate surface area is 116 Å². The van der Waals surface area contributed by atoms with Crippen molar-refractivity contribution in [2.45, 2.75) is 25.7 Å². The molecule has 1 aliphatic heterocycles. The van der Waals surface area contributed by atoms with Crippen molar-refractivity contribution >= 4 is 5.91 Å². The van der Waals surface area contributed by atoms with Crippen molar-refractivity contribution in [2.75, 3.05) is 46.3 Å². The van der Waals surface area contributed by atoms with Gasteiger partial charge >= 0.3 is 0 Å². The summed E-state index contributed by atoms with van der Waals surface area (Å²) in [6.45, 7) is 6.70. The number of hydrogen-bond acceptors (Lipinski definition) is 3. The molecule has 3 rings (SSSR count). The van der Waals surface area contributed by atoms with E-state index < -0.39 is 0 Å². The molecule has 2 atom stereocenters. The first-order chi connectivity index (χ1) is 9.22. The summed E-state index contributed by atoms with van der Waals surface area (Å²) >= 11 is 0. The molecule has 3 fully saturated rings. The molecular formula is C15H27N3O. The fourth-order valence-corrected chi connectivity index (χ4v) is 3.66. The van der Waals surface area contributed by atoms with Crippen LogP contribution in [0, 0.1) is 17.8 Å². The number of fused-ring (bicyclic) bond motifs is 1. The van der Waals surface area contributed by atoms with E-state index in [1.165, 1.54) is 32.6 Å². The van der Waals surface area contributed by atoms with Crippen molar-refractivity contribution in [3.8, 4) is 0 Å². The second-order valence-electron chi connectivity index (χ2n) is 6.71. The number of hydrogen-bond donors (Lipinski definition) is 1. The summed E-state index contributed by atoms with van der Waals surface area (Å²) < 4.78 is 0. The molecule has 0 spiro atoms. The Bertz CT molecular complexity index is 315. The summed E-state index contributed by atoms with van der Waals surface area (Å²) in [6.07, 6.45) is 4.81. The summed E-state index contributed by atoms with van der Waals surface area (Å²) in [7, 11) is 2.18. The Kier molecular flexibility index (Phi) is 4.08. The van der Waals surface area contributed by atoms with Gasteiger partial charge in [0.15, 0.2) is 0 Å². The number of carbonyl (C=O) groups excluding carboxylic acids is 1. The van der Waals surface area contributed by atoms with Crippen LogP contribution in [0.2, 0.25) is 0 Å². The molecule has 2 saturated carbocycles. The van der Waals surface area contributed by atoms with Crippen LogP contribution in [-0.4, -0.2) is 62.0 Å². The van der Waals surface area contributed by atoms with Gasteiger partial charge in [-0.3, -0.25) is 4.79 Å². The van der Waals surface area contributed by atoms with Crippen LogP contribution in [-0.2, 0) is 4.79 Å². The Morgan fingerprint density at radius 1 is 1.11 bits per heavy atom. The smallest absolute Gasteiger partial charge is 0.223 e. The van der Waals surface area contributed by atoms with Gasteiger partial charge in [0.05, 0.1) is 0 Å². The Morgan fingerprint density at radius 2 is 1.79 bits per heavy atom. The van der Waals surface area contributed by atoms with Gasteiger partial charge in [0.2, 0.25) is 5.91 Å². The highest BCUT2D eigenvalue weighted by atomic mass is 16.1. The van der Waals surface area contributed by atoms with E-state index in [9.17, 15) is 4.79 Å². The average Bonchev–Trinajstić information content (AvgIpc) is 3.03. The molecule has 0 aromatic carbocycles. The molecule has 0 bridgehead atoms. The second-order valence-corrected chi connectivity index (χ2v) is 6.71. The van der Waals surface area contributed by atoms with E-state index in [2.05, 4.69) is 22.2 Å². The number of likely N-dealkylation sites (N-methyl/N-ethyl adjacent to an activating group) is 1. The molecule has 2 unspecified atom stereocenters. The summed E-state index contributed by atoms with van der Waals surface area (Å²) in [5, 5.41) is 3.14. The van der Waals surface area contributed by atoms with E-state index >= 15 is 0 Å². The van der Waals surface area contributed by atoms with E-state index in [0.717, 1.165) is 44.2 Å². The number of nitrogens with zero attached hydrogens (tertiary/aromatic N) is 2. The van der Waals surface area contributed by atoms with Crippen molar-refractivity contribution in [1.29, 1.82) is 0 Å². The van der Waals surface area contributed by atoms with E-state index in [1.807, 2.05) is 0 Å². The minimum atomic E-state index is 0.325. The van der Waals surface area contributed by atoms with E-state index in [1.54, 1.807) is 0 Å². The molecule has 108 valence electrons. The van der Waals surface area contributed by atoms with Gasteiger partial charge in [0.1, 0.15) is 0 Å². The van der Waals surface area contributed by atoms with Gasteiger partial charge in [-0.25, -0.2) is 0 Å². The van der Waals surface area contributed by atoms with Crippen molar-refractivity contribution in [2.24, 2.45) is 17.8 Å². The Morgan fingerprint density at radius 3 is 2.47 bits per heavy atom. The standard InChI is InChI=1S/C15H27N3O/c1-17-5-7-18(8-6-17)4-2-3-16-15(19)14-10-12-9-13(12)11-14/h12-14H,2-11H2,1H3,(H,16,19). The van der Waals surface area contributed by atoms with Gasteiger partial charge < -0.3 is 15.1 Å². The molecule has 1 amide bonds. The molecule has 0 aromatic rings. The molecule has 1 heterocycles. The van der Waals surface area contributed by atoms with Gasteiger partial charge in [-0.1, -0.05) is 0 Å². The molecule has 4 nitrogen and oxygen atoms in total. The lowest BCUT2D eigenvalue weighted by molar-refractivity contribution is -0.125. The third-order valence-corrected chi connectivity index (χ3v) is 5.16. The normalized spacial score (nSPS) is 35.1. The largest absolute Gasteiger partial charge is 0.356 e. The van der Waals surface area contributed by atoms with Crippen molar-refractivity contribution < 1.29 is 4.79 Å². The summed E-state index contributed by atoms with van der Waals surface area (Å²) in [5.74, 6) is 2.47. The maximum atomic E-state index is 12.0. The summed E-state index contributed by atoms with van der Waals surface area (Å²) in [5.41, 5.74) is 0. The van der Waals surface area contributed by atoms with Crippen LogP contribution in [0.15, 0.2) is 0 Å². The van der Waals surface area contributed by atoms with Gasteiger partial charge in [0, 0.05) is 38.6 Å². The number of rotatable bonds is 5. The third-order valence-electron chi connectivity index (χ3n) is 5.16. The first kappa shape index (κ1) is 13.4. The van der Waals surface area contributed by atoms with Crippen LogP contribution in [0.1, 0.15) is 25.7 Å². The fraction of sp³-hybridized carbons (Fsp3) is 0.933. The molecule has 2 aliphatic carbocycles. The van der Waals surface area contributed by atoms with Gasteiger partial charge in [-0.15, -0.1) is 0 Å². The van der Waals surface area contributed by atoms with Gasteiger partial charge in [-0.2, -0.15) is 0 Å². The molecule has 3 aliphatic rings. The monoisotopic (exact) mass is 265 g/mol. The molecule has 19 heavy (non-hydrogen) atoms. The fourth-order valence-electron chi connectivity index (χ4n) is 3.66. The highest BCUT2D eigenvalue weighted by molar-refractivity contribution is 5.79. The molecule has 1 saturated heterocycles. The maximum Gasteiger partial charge on any atom is 0.223 e. The van der Waals surface area contributed by atoms with Gasteiger partial charge in [-0.05, 0) is 51.1 Å². The lowest BCUT2D eigenvalue weighted by Crippen LogP contribution is -2.45. The third kappa shape index (κ3) is 3.48. The van der Waals surface area contributed by atoms with Crippen LogP contribution in [0.25, 0.3) is 0 Å². The van der Waals surface area contributed by atoms with Crippen molar-refractivity contribution in [3.63, 3.8) is 0 Å². The summed E-state index contributed by atoms with van der Waals surface area (Å²) in [4.78, 5) is 16.9. The lowest BCUT2D eigenvalue weighted by Gasteiger charge is -2.32. The first-order valence-electron chi connectivity index (χ1n) is 7.91. The number of carbonyl (C=O) groups is 1. The quantitative estimate of drug-likeness (QED) is 0.747. The highest BCUT2D eigenvalue weighted by Crippen LogP contribution is 2.54. The van der Waals surface area contributed by atoms with Crippen LogP contribution >= 0.6 is 0 Å². The summed E-state index contributed by atoms with van der Waals surface area (Å²) in [6, 6.07) is 0. The SMILES string of the molecule is CN1CCN(CCCNC(=O)C2CC3CC3C2)CC1. The minimum Gasteiger partial charge on any atom is -0.356 e. The van der Waals surface area contributed by atoms with E-state index in [0.29, 0.717) is 11.8 Å². The van der Waals surface area contributed by atoms with E-state index in [4.69, 9.17) is 0 Å². The number of nitrogens with one attached hydrogen (secondary N) is 1. The number of amides is 1. The highest BCUT2D eigenvalue weighted by Gasteiger charge is 2.47. The zero-order valence-corrected chi connectivity index (χ0v) is 12.1. The Hall–Kier alpha value is -0.610. The second kappa shape index (κ2) is 5.80. The maximum absolute atomic E-state index is 12.0.